The molecule has 4 nitrogen and oxygen atoms in total. The van der Waals surface area contributed by atoms with Crippen molar-refractivity contribution in [1.82, 2.24) is 14.7 Å². The molecule has 0 atom stereocenters. The number of hydrogen-bond donors (Lipinski definition) is 1. The highest BCUT2D eigenvalue weighted by atomic mass is 35.5. The fourth-order valence-corrected chi connectivity index (χ4v) is 4.00. The SMILES string of the molecule is Cc1ccc(CNC(=O)Cc2csc3nc(-c4ccc(C)c(C)c4)cn23)cc1.Cl. The molecule has 0 radical (unpaired) electrons. The molecule has 2 aromatic heterocycles. The number of carbonyl (C=O) groups is 1. The van der Waals surface area contributed by atoms with Crippen LogP contribution in [-0.2, 0) is 17.8 Å². The Balaban J connectivity index is 0.00000240. The number of imidazole rings is 1. The number of thiazole rings is 1. The Bertz CT molecular complexity index is 1140. The number of rotatable bonds is 5. The van der Waals surface area contributed by atoms with Crippen LogP contribution in [0.1, 0.15) is 27.9 Å². The predicted octanol–water partition coefficient (Wildman–Crippen LogP) is 5.27. The fourth-order valence-electron chi connectivity index (χ4n) is 3.13. The van der Waals surface area contributed by atoms with Gasteiger partial charge in [-0.25, -0.2) is 4.98 Å². The number of nitrogens with zero attached hydrogens (tertiary/aromatic N) is 2. The highest BCUT2D eigenvalue weighted by Gasteiger charge is 2.13. The van der Waals surface area contributed by atoms with Gasteiger partial charge in [0.25, 0.3) is 0 Å². The third-order valence-electron chi connectivity index (χ3n) is 5.04. The van der Waals surface area contributed by atoms with Crippen molar-refractivity contribution in [3.63, 3.8) is 0 Å². The standard InChI is InChI=1S/C23H23N3OS.ClH/c1-15-4-7-18(8-5-15)12-24-22(27)11-20-14-28-23-25-21(13-26(20)23)19-9-6-16(2)17(3)10-19;/h4-10,13-14H,11-12H2,1-3H3,(H,24,27);1H. The van der Waals surface area contributed by atoms with E-state index in [0.717, 1.165) is 27.5 Å². The molecule has 29 heavy (non-hydrogen) atoms. The van der Waals surface area contributed by atoms with Crippen molar-refractivity contribution in [1.29, 1.82) is 0 Å². The second-order valence-corrected chi connectivity index (χ2v) is 8.08. The molecule has 0 unspecified atom stereocenters. The van der Waals surface area contributed by atoms with Crippen LogP contribution >= 0.6 is 23.7 Å². The van der Waals surface area contributed by atoms with E-state index in [1.807, 2.05) is 28.1 Å². The van der Waals surface area contributed by atoms with Crippen molar-refractivity contribution in [2.75, 3.05) is 0 Å². The molecule has 0 spiro atoms. The molecule has 2 aromatic carbocycles. The number of nitrogens with one attached hydrogen (secondary N) is 1. The molecule has 1 N–H and O–H groups in total. The molecule has 2 heterocycles. The summed E-state index contributed by atoms with van der Waals surface area (Å²) in [6.07, 6.45) is 2.37. The van der Waals surface area contributed by atoms with Crippen LogP contribution in [0, 0.1) is 20.8 Å². The summed E-state index contributed by atoms with van der Waals surface area (Å²) in [7, 11) is 0. The van der Waals surface area contributed by atoms with Gasteiger partial charge in [-0.3, -0.25) is 9.20 Å². The first-order chi connectivity index (χ1) is 13.5. The Morgan fingerprint density at radius 3 is 2.55 bits per heavy atom. The second-order valence-electron chi connectivity index (χ2n) is 7.24. The van der Waals surface area contributed by atoms with Crippen LogP contribution in [0.15, 0.2) is 54.0 Å². The van der Waals surface area contributed by atoms with Crippen molar-refractivity contribution in [2.24, 2.45) is 0 Å². The van der Waals surface area contributed by atoms with Gasteiger partial charge in [0.2, 0.25) is 5.91 Å². The average Bonchev–Trinajstić information content (AvgIpc) is 3.25. The summed E-state index contributed by atoms with van der Waals surface area (Å²) in [5.41, 5.74) is 7.86. The quantitative estimate of drug-likeness (QED) is 0.473. The van der Waals surface area contributed by atoms with E-state index in [0.29, 0.717) is 13.0 Å². The minimum absolute atomic E-state index is 0. The minimum atomic E-state index is 0. The largest absolute Gasteiger partial charge is 0.352 e. The lowest BCUT2D eigenvalue weighted by Gasteiger charge is -2.05. The van der Waals surface area contributed by atoms with Gasteiger partial charge in [0.05, 0.1) is 12.1 Å². The normalized spacial score (nSPS) is 10.7. The maximum atomic E-state index is 12.4. The molecular formula is C23H24ClN3OS. The van der Waals surface area contributed by atoms with Crippen LogP contribution < -0.4 is 5.32 Å². The summed E-state index contributed by atoms with van der Waals surface area (Å²) in [5.74, 6) is 0.0155. The molecule has 0 saturated heterocycles. The Kier molecular flexibility index (Phi) is 6.40. The molecule has 6 heteroatoms. The van der Waals surface area contributed by atoms with Gasteiger partial charge in [-0.15, -0.1) is 23.7 Å². The van der Waals surface area contributed by atoms with Gasteiger partial charge in [-0.2, -0.15) is 0 Å². The van der Waals surface area contributed by atoms with Gasteiger partial charge in [0.15, 0.2) is 4.96 Å². The number of benzene rings is 2. The zero-order chi connectivity index (χ0) is 19.7. The molecule has 1 amide bonds. The molecular weight excluding hydrogens is 402 g/mol. The Morgan fingerprint density at radius 2 is 1.83 bits per heavy atom. The maximum Gasteiger partial charge on any atom is 0.226 e. The number of hydrogen-bond acceptors (Lipinski definition) is 3. The molecule has 0 aliphatic carbocycles. The number of amides is 1. The fraction of sp³-hybridized carbons (Fsp3) is 0.217. The van der Waals surface area contributed by atoms with Crippen molar-refractivity contribution >= 4 is 34.6 Å². The topological polar surface area (TPSA) is 46.4 Å². The van der Waals surface area contributed by atoms with Crippen LogP contribution in [0.4, 0.5) is 0 Å². The van der Waals surface area contributed by atoms with E-state index in [9.17, 15) is 4.79 Å². The molecule has 0 saturated carbocycles. The Labute approximate surface area is 181 Å². The van der Waals surface area contributed by atoms with E-state index in [1.54, 1.807) is 11.3 Å². The lowest BCUT2D eigenvalue weighted by atomic mass is 10.0. The van der Waals surface area contributed by atoms with Crippen LogP contribution in [0.25, 0.3) is 16.2 Å². The summed E-state index contributed by atoms with van der Waals surface area (Å²) < 4.78 is 2.03. The molecule has 0 bridgehead atoms. The molecule has 4 aromatic rings. The smallest absolute Gasteiger partial charge is 0.226 e. The highest BCUT2D eigenvalue weighted by Crippen LogP contribution is 2.25. The van der Waals surface area contributed by atoms with E-state index in [-0.39, 0.29) is 18.3 Å². The summed E-state index contributed by atoms with van der Waals surface area (Å²) in [6.45, 7) is 6.82. The van der Waals surface area contributed by atoms with E-state index in [4.69, 9.17) is 4.98 Å². The summed E-state index contributed by atoms with van der Waals surface area (Å²) >= 11 is 1.57. The number of halogens is 1. The van der Waals surface area contributed by atoms with Gasteiger partial charge in [-0.05, 0) is 43.5 Å². The van der Waals surface area contributed by atoms with E-state index in [1.165, 1.54) is 16.7 Å². The zero-order valence-electron chi connectivity index (χ0n) is 16.7. The maximum absolute atomic E-state index is 12.4. The predicted molar refractivity (Wildman–Crippen MR) is 122 cm³/mol. The Hall–Kier alpha value is -2.63. The highest BCUT2D eigenvalue weighted by molar-refractivity contribution is 7.15. The molecule has 0 aliphatic rings. The summed E-state index contributed by atoms with van der Waals surface area (Å²) in [6, 6.07) is 14.6. The lowest BCUT2D eigenvalue weighted by Crippen LogP contribution is -2.24. The number of aromatic nitrogens is 2. The zero-order valence-corrected chi connectivity index (χ0v) is 18.4. The summed E-state index contributed by atoms with van der Waals surface area (Å²) in [5, 5.41) is 5.02. The van der Waals surface area contributed by atoms with Crippen LogP contribution in [-0.4, -0.2) is 15.3 Å². The first-order valence-electron chi connectivity index (χ1n) is 9.35. The molecule has 0 aliphatic heterocycles. The van der Waals surface area contributed by atoms with E-state index >= 15 is 0 Å². The van der Waals surface area contributed by atoms with E-state index < -0.39 is 0 Å². The van der Waals surface area contributed by atoms with Crippen LogP contribution in [0.2, 0.25) is 0 Å². The van der Waals surface area contributed by atoms with Crippen molar-refractivity contribution in [2.45, 2.75) is 33.7 Å². The van der Waals surface area contributed by atoms with Crippen molar-refractivity contribution in [3.8, 4) is 11.3 Å². The lowest BCUT2D eigenvalue weighted by molar-refractivity contribution is -0.120. The average molecular weight is 426 g/mol. The third-order valence-corrected chi connectivity index (χ3v) is 5.93. The third kappa shape index (κ3) is 4.69. The van der Waals surface area contributed by atoms with Gasteiger partial charge >= 0.3 is 0 Å². The van der Waals surface area contributed by atoms with Crippen LogP contribution in [0.3, 0.4) is 0 Å². The number of aryl methyl sites for hydroxylation is 3. The molecule has 4 rings (SSSR count). The van der Waals surface area contributed by atoms with Gasteiger partial charge in [0.1, 0.15) is 0 Å². The van der Waals surface area contributed by atoms with Crippen LogP contribution in [0.5, 0.6) is 0 Å². The monoisotopic (exact) mass is 425 g/mol. The summed E-state index contributed by atoms with van der Waals surface area (Å²) in [4.78, 5) is 18.1. The van der Waals surface area contributed by atoms with Crippen molar-refractivity contribution in [3.05, 3.63) is 82.0 Å². The van der Waals surface area contributed by atoms with E-state index in [2.05, 4.69) is 56.4 Å². The van der Waals surface area contributed by atoms with Gasteiger partial charge in [-0.1, -0.05) is 42.0 Å². The second kappa shape index (κ2) is 8.80. The first-order valence-corrected chi connectivity index (χ1v) is 10.2. The van der Waals surface area contributed by atoms with Gasteiger partial charge < -0.3 is 5.32 Å². The first kappa shape index (κ1) is 21.1. The van der Waals surface area contributed by atoms with Gasteiger partial charge in [0, 0.05) is 29.4 Å². The number of carbonyl (C=O) groups excluding carboxylic acids is 1. The Morgan fingerprint density at radius 1 is 1.07 bits per heavy atom. The number of fused-ring (bicyclic) bond motifs is 1. The molecule has 150 valence electrons. The minimum Gasteiger partial charge on any atom is -0.352 e. The van der Waals surface area contributed by atoms with Crippen molar-refractivity contribution < 1.29 is 4.79 Å². The molecule has 0 fully saturated rings.